The fourth-order valence-corrected chi connectivity index (χ4v) is 2.74. The van der Waals surface area contributed by atoms with Crippen LogP contribution in [-0.4, -0.2) is 64.2 Å². The summed E-state index contributed by atoms with van der Waals surface area (Å²) in [7, 11) is 6.24. The highest BCUT2D eigenvalue weighted by atomic mass is 16.5. The van der Waals surface area contributed by atoms with E-state index in [9.17, 15) is 4.79 Å². The third-order valence-corrected chi connectivity index (χ3v) is 4.29. The van der Waals surface area contributed by atoms with Crippen LogP contribution in [0.4, 0.5) is 11.4 Å². The lowest BCUT2D eigenvalue weighted by molar-refractivity contribution is 0.0904. The number of hydrogen-bond donors (Lipinski definition) is 1. The number of benzene rings is 1. The topological polar surface area (TPSA) is 44.8 Å². The summed E-state index contributed by atoms with van der Waals surface area (Å²) in [4.78, 5) is 16.3. The van der Waals surface area contributed by atoms with E-state index in [-0.39, 0.29) is 5.78 Å². The largest absolute Gasteiger partial charge is 0.381 e. The Morgan fingerprint density at radius 3 is 2.52 bits per heavy atom. The van der Waals surface area contributed by atoms with Crippen LogP contribution in [-0.2, 0) is 4.74 Å². The van der Waals surface area contributed by atoms with Crippen LogP contribution in [0.5, 0.6) is 0 Å². The minimum Gasteiger partial charge on any atom is -0.381 e. The van der Waals surface area contributed by atoms with Gasteiger partial charge in [0.05, 0.1) is 0 Å². The Kier molecular flexibility index (Phi) is 6.42. The third kappa shape index (κ3) is 5.22. The highest BCUT2D eigenvalue weighted by Crippen LogP contribution is 2.26. The molecule has 2 rings (SSSR count). The molecule has 1 saturated heterocycles. The lowest BCUT2D eigenvalue weighted by atomic mass is 10.0. The first-order valence-corrected chi connectivity index (χ1v) is 8.32. The number of Topliss-reactive ketones (excluding diaryl/α,β-unsaturated/α-hetero) is 1. The van der Waals surface area contributed by atoms with E-state index in [4.69, 9.17) is 4.74 Å². The Hall–Kier alpha value is -1.59. The van der Waals surface area contributed by atoms with Crippen molar-refractivity contribution in [1.82, 2.24) is 4.90 Å². The van der Waals surface area contributed by atoms with Gasteiger partial charge in [-0.1, -0.05) is 0 Å². The maximum absolute atomic E-state index is 11.9. The molecule has 1 aromatic carbocycles. The highest BCUT2D eigenvalue weighted by Gasteiger charge is 2.17. The summed E-state index contributed by atoms with van der Waals surface area (Å²) in [6, 6.07) is 6.44. The molecular weight excluding hydrogens is 290 g/mol. The Balaban J connectivity index is 2.15. The number of rotatable bonds is 7. The molecule has 0 amide bonds. The lowest BCUT2D eigenvalue weighted by Crippen LogP contribution is -2.30. The third-order valence-electron chi connectivity index (χ3n) is 4.29. The zero-order valence-electron chi connectivity index (χ0n) is 14.8. The van der Waals surface area contributed by atoms with Gasteiger partial charge >= 0.3 is 0 Å². The fourth-order valence-electron chi connectivity index (χ4n) is 2.74. The van der Waals surface area contributed by atoms with Crippen molar-refractivity contribution in [3.8, 4) is 0 Å². The van der Waals surface area contributed by atoms with E-state index in [2.05, 4.69) is 42.3 Å². The number of likely N-dealkylation sites (N-methyl/N-ethyl adjacent to an activating group) is 2. The molecule has 0 bridgehead atoms. The summed E-state index contributed by atoms with van der Waals surface area (Å²) < 4.78 is 5.41. The van der Waals surface area contributed by atoms with E-state index >= 15 is 0 Å². The Bertz CT molecular complexity index is 525. The van der Waals surface area contributed by atoms with Crippen LogP contribution in [0, 0.1) is 0 Å². The molecule has 0 spiro atoms. The summed E-state index contributed by atoms with van der Waals surface area (Å²) in [6.07, 6.45) is 1.97. The van der Waals surface area contributed by atoms with Crippen LogP contribution in [0.1, 0.15) is 30.1 Å². The van der Waals surface area contributed by atoms with Crippen molar-refractivity contribution in [3.63, 3.8) is 0 Å². The molecule has 1 aliphatic rings. The Morgan fingerprint density at radius 2 is 1.91 bits per heavy atom. The molecule has 5 nitrogen and oxygen atoms in total. The molecule has 0 radical (unpaired) electrons. The normalized spacial score (nSPS) is 15.7. The molecule has 0 saturated carbocycles. The molecular formula is C18H29N3O2. The van der Waals surface area contributed by atoms with Gasteiger partial charge in [-0.2, -0.15) is 0 Å². The second-order valence-electron chi connectivity index (χ2n) is 6.54. The van der Waals surface area contributed by atoms with Crippen molar-refractivity contribution < 1.29 is 9.53 Å². The van der Waals surface area contributed by atoms with E-state index in [1.54, 1.807) is 6.92 Å². The summed E-state index contributed by atoms with van der Waals surface area (Å²) in [5.74, 6) is 0.0991. The summed E-state index contributed by atoms with van der Waals surface area (Å²) in [5.41, 5.74) is 2.84. The SMILES string of the molecule is CC(=O)c1ccc(N(C)CCN(C)C)cc1NC1CCOCC1. The van der Waals surface area contributed by atoms with Gasteiger partial charge in [-0.05, 0) is 52.1 Å². The molecule has 1 aliphatic heterocycles. The monoisotopic (exact) mass is 319 g/mol. The molecule has 1 N–H and O–H groups in total. The predicted molar refractivity (Wildman–Crippen MR) is 95.7 cm³/mol. The van der Waals surface area contributed by atoms with Crippen LogP contribution in [0.3, 0.4) is 0 Å². The van der Waals surface area contributed by atoms with Crippen molar-refractivity contribution in [2.45, 2.75) is 25.8 Å². The molecule has 0 aliphatic carbocycles. The Morgan fingerprint density at radius 1 is 1.22 bits per heavy atom. The summed E-state index contributed by atoms with van der Waals surface area (Å²) >= 11 is 0. The zero-order valence-corrected chi connectivity index (χ0v) is 14.8. The predicted octanol–water partition coefficient (Wildman–Crippen LogP) is 2.48. The lowest BCUT2D eigenvalue weighted by Gasteiger charge is -2.27. The van der Waals surface area contributed by atoms with Crippen LogP contribution < -0.4 is 10.2 Å². The molecule has 5 heteroatoms. The van der Waals surface area contributed by atoms with Gasteiger partial charge in [-0.3, -0.25) is 4.79 Å². The van der Waals surface area contributed by atoms with Gasteiger partial charge in [0.1, 0.15) is 0 Å². The van der Waals surface area contributed by atoms with E-state index < -0.39 is 0 Å². The first kappa shape index (κ1) is 17.8. The molecule has 128 valence electrons. The van der Waals surface area contributed by atoms with Gasteiger partial charge in [-0.25, -0.2) is 0 Å². The number of carbonyl (C=O) groups excluding carboxylic acids is 1. The minimum absolute atomic E-state index is 0.0991. The molecule has 0 aromatic heterocycles. The summed E-state index contributed by atoms with van der Waals surface area (Å²) in [6.45, 7) is 5.14. The smallest absolute Gasteiger partial charge is 0.161 e. The standard InChI is InChI=1S/C18H29N3O2/c1-14(22)17-6-5-16(21(4)10-9-20(2)3)13-18(17)19-15-7-11-23-12-8-15/h5-6,13,15,19H,7-12H2,1-4H3. The molecule has 0 atom stereocenters. The average molecular weight is 319 g/mol. The van der Waals surface area contributed by atoms with Gasteiger partial charge in [0.15, 0.2) is 5.78 Å². The van der Waals surface area contributed by atoms with Gasteiger partial charge in [0.25, 0.3) is 0 Å². The molecule has 0 unspecified atom stereocenters. The number of ketones is 1. The van der Waals surface area contributed by atoms with Crippen molar-refractivity contribution in [3.05, 3.63) is 23.8 Å². The number of nitrogens with one attached hydrogen (secondary N) is 1. The molecule has 1 heterocycles. The maximum Gasteiger partial charge on any atom is 0.161 e. The highest BCUT2D eigenvalue weighted by molar-refractivity contribution is 6.00. The number of ether oxygens (including phenoxy) is 1. The maximum atomic E-state index is 11.9. The first-order chi connectivity index (χ1) is 11.0. The van der Waals surface area contributed by atoms with Crippen molar-refractivity contribution in [2.75, 3.05) is 57.7 Å². The number of hydrogen-bond acceptors (Lipinski definition) is 5. The first-order valence-electron chi connectivity index (χ1n) is 8.32. The fraction of sp³-hybridized carbons (Fsp3) is 0.611. The van der Waals surface area contributed by atoms with Crippen molar-refractivity contribution >= 4 is 17.2 Å². The van der Waals surface area contributed by atoms with Crippen molar-refractivity contribution in [1.29, 1.82) is 0 Å². The molecule has 23 heavy (non-hydrogen) atoms. The number of nitrogens with zero attached hydrogens (tertiary/aromatic N) is 2. The number of anilines is 2. The second kappa shape index (κ2) is 8.31. The quantitative estimate of drug-likeness (QED) is 0.782. The zero-order chi connectivity index (χ0) is 16.8. The van der Waals surface area contributed by atoms with Crippen LogP contribution in [0.25, 0.3) is 0 Å². The van der Waals surface area contributed by atoms with Gasteiger partial charge < -0.3 is 19.9 Å². The second-order valence-corrected chi connectivity index (χ2v) is 6.54. The van der Waals surface area contributed by atoms with E-state index in [0.717, 1.165) is 56.1 Å². The minimum atomic E-state index is 0.0991. The van der Waals surface area contributed by atoms with E-state index in [1.807, 2.05) is 12.1 Å². The van der Waals surface area contributed by atoms with Crippen LogP contribution >= 0.6 is 0 Å². The number of carbonyl (C=O) groups is 1. The Labute approximate surface area is 139 Å². The van der Waals surface area contributed by atoms with Gasteiger partial charge in [0, 0.05) is 56.3 Å². The van der Waals surface area contributed by atoms with Crippen LogP contribution in [0.15, 0.2) is 18.2 Å². The summed E-state index contributed by atoms with van der Waals surface area (Å²) in [5, 5.41) is 3.55. The average Bonchev–Trinajstić information content (AvgIpc) is 2.53. The van der Waals surface area contributed by atoms with Crippen molar-refractivity contribution in [2.24, 2.45) is 0 Å². The molecule has 1 fully saturated rings. The van der Waals surface area contributed by atoms with Gasteiger partial charge in [-0.15, -0.1) is 0 Å². The van der Waals surface area contributed by atoms with Crippen LogP contribution in [0.2, 0.25) is 0 Å². The van der Waals surface area contributed by atoms with Gasteiger partial charge in [0.2, 0.25) is 0 Å². The van der Waals surface area contributed by atoms with E-state index in [1.165, 1.54) is 0 Å². The van der Waals surface area contributed by atoms with E-state index in [0.29, 0.717) is 6.04 Å². The molecule has 1 aromatic rings.